The van der Waals surface area contributed by atoms with Crippen molar-refractivity contribution >= 4 is 12.0 Å². The van der Waals surface area contributed by atoms with Crippen molar-refractivity contribution in [2.24, 2.45) is 51.5 Å². The highest BCUT2D eigenvalue weighted by Crippen LogP contribution is 2.68. The number of terminal acetylenes is 1. The number of hydrogen-bond donors (Lipinski definition) is 6. The molecule has 0 aliphatic heterocycles. The first-order chi connectivity index (χ1) is 22.9. The standard InChI is InChI=1S/C35H55N5O8/c1-5-6-15-47-16-17-48-33(46)39-28(20-37-40-36)38-29(43)10-8-7-9-21(2)23-11-12-24-30-25(19-27(42)35(23,24)4)34(3)14-13-22(41)18-26(34)31(44)32(30)45/h1,8,10,21-28,30-32,41-42,44-45H,6-7,9,11-20H2,2-4H3,(H,38,43)(H,39,46). The molecule has 48 heavy (non-hydrogen) atoms. The molecule has 4 saturated carbocycles. The fourth-order valence-corrected chi connectivity index (χ4v) is 10.00. The van der Waals surface area contributed by atoms with Crippen LogP contribution in [0.1, 0.15) is 78.6 Å². The van der Waals surface area contributed by atoms with Crippen molar-refractivity contribution in [2.75, 3.05) is 26.4 Å². The Hall–Kier alpha value is -2.85. The molecule has 4 aliphatic rings. The van der Waals surface area contributed by atoms with E-state index in [4.69, 9.17) is 21.4 Å². The van der Waals surface area contributed by atoms with Gasteiger partial charge in [0.25, 0.3) is 0 Å². The van der Waals surface area contributed by atoms with Gasteiger partial charge in [0, 0.05) is 11.3 Å². The summed E-state index contributed by atoms with van der Waals surface area (Å²) < 4.78 is 10.3. The van der Waals surface area contributed by atoms with E-state index in [0.29, 0.717) is 38.7 Å². The van der Waals surface area contributed by atoms with Gasteiger partial charge in [-0.2, -0.15) is 0 Å². The smallest absolute Gasteiger partial charge is 0.408 e. The number of aliphatic hydroxyl groups is 4. The van der Waals surface area contributed by atoms with Crippen molar-refractivity contribution < 1.29 is 39.5 Å². The van der Waals surface area contributed by atoms with E-state index in [9.17, 15) is 30.0 Å². The van der Waals surface area contributed by atoms with Crippen LogP contribution in [-0.4, -0.2) is 89.4 Å². The van der Waals surface area contributed by atoms with Gasteiger partial charge in [-0.1, -0.05) is 32.0 Å². The average Bonchev–Trinajstić information content (AvgIpc) is 3.42. The number of hydrogen-bond acceptors (Lipinski definition) is 9. The number of azide groups is 1. The first-order valence-electron chi connectivity index (χ1n) is 17.5. The Morgan fingerprint density at radius 1 is 1.06 bits per heavy atom. The van der Waals surface area contributed by atoms with Crippen molar-refractivity contribution in [1.29, 1.82) is 0 Å². The van der Waals surface area contributed by atoms with Crippen LogP contribution in [0.2, 0.25) is 0 Å². The summed E-state index contributed by atoms with van der Waals surface area (Å²) in [5.74, 6) is 2.34. The molecule has 4 rings (SSSR count). The molecule has 0 aromatic heterocycles. The Morgan fingerprint density at radius 2 is 1.83 bits per heavy atom. The molecule has 0 aromatic rings. The normalized spacial score (nSPS) is 38.3. The molecular weight excluding hydrogens is 618 g/mol. The fraction of sp³-hybridized carbons (Fsp3) is 0.829. The van der Waals surface area contributed by atoms with Gasteiger partial charge in [0.05, 0.1) is 44.2 Å². The van der Waals surface area contributed by atoms with Gasteiger partial charge in [0.2, 0.25) is 5.91 Å². The van der Waals surface area contributed by atoms with Crippen molar-refractivity contribution in [1.82, 2.24) is 10.6 Å². The van der Waals surface area contributed by atoms with Crippen LogP contribution in [0.15, 0.2) is 17.3 Å². The molecule has 4 fully saturated rings. The van der Waals surface area contributed by atoms with Gasteiger partial charge in [-0.05, 0) is 109 Å². The Labute approximate surface area is 283 Å². The highest BCUT2D eigenvalue weighted by atomic mass is 16.6. The third-order valence-corrected chi connectivity index (χ3v) is 12.4. The molecule has 6 N–H and O–H groups in total. The van der Waals surface area contributed by atoms with E-state index >= 15 is 0 Å². The van der Waals surface area contributed by atoms with Crippen molar-refractivity contribution in [3.05, 3.63) is 22.6 Å². The Kier molecular flexibility index (Phi) is 13.2. The molecule has 2 amide bonds. The number of rotatable bonds is 14. The number of carbonyl (C=O) groups excluding carboxylic acids is 2. The van der Waals surface area contributed by atoms with Crippen LogP contribution in [0.25, 0.3) is 10.4 Å². The minimum absolute atomic E-state index is 0.0108. The number of allylic oxidation sites excluding steroid dienone is 1. The topological polar surface area (TPSA) is 206 Å². The maximum Gasteiger partial charge on any atom is 0.408 e. The van der Waals surface area contributed by atoms with E-state index in [1.807, 2.05) is 0 Å². The van der Waals surface area contributed by atoms with Crippen LogP contribution < -0.4 is 10.6 Å². The minimum Gasteiger partial charge on any atom is -0.447 e. The van der Waals surface area contributed by atoms with E-state index in [2.05, 4.69) is 47.4 Å². The number of amides is 2. The molecule has 0 saturated heterocycles. The Morgan fingerprint density at radius 3 is 2.56 bits per heavy atom. The summed E-state index contributed by atoms with van der Waals surface area (Å²) in [6.07, 6.45) is 10.0. The number of nitrogens with one attached hydrogen (secondary N) is 2. The Bertz CT molecular complexity index is 1240. The third-order valence-electron chi connectivity index (χ3n) is 12.4. The lowest BCUT2D eigenvalue weighted by Gasteiger charge is -2.64. The zero-order chi connectivity index (χ0) is 35.1. The van der Waals surface area contributed by atoms with Crippen LogP contribution in [-0.2, 0) is 14.3 Å². The molecule has 0 heterocycles. The summed E-state index contributed by atoms with van der Waals surface area (Å²) in [5.41, 5.74) is 8.08. The minimum atomic E-state index is -0.969. The molecule has 0 radical (unpaired) electrons. The Balaban J connectivity index is 1.30. The largest absolute Gasteiger partial charge is 0.447 e. The predicted molar refractivity (Wildman–Crippen MR) is 178 cm³/mol. The molecule has 0 aromatic carbocycles. The second-order valence-corrected chi connectivity index (χ2v) is 14.9. The molecule has 0 bridgehead atoms. The highest BCUT2D eigenvalue weighted by molar-refractivity contribution is 5.88. The zero-order valence-corrected chi connectivity index (χ0v) is 28.5. The lowest BCUT2D eigenvalue weighted by atomic mass is 9.42. The number of fused-ring (bicyclic) bond motifs is 5. The molecule has 13 unspecified atom stereocenters. The second kappa shape index (κ2) is 16.7. The van der Waals surface area contributed by atoms with Gasteiger partial charge in [0.15, 0.2) is 0 Å². The summed E-state index contributed by atoms with van der Waals surface area (Å²) in [5, 5.41) is 53.5. The zero-order valence-electron chi connectivity index (χ0n) is 28.5. The summed E-state index contributed by atoms with van der Waals surface area (Å²) in [7, 11) is 0. The second-order valence-electron chi connectivity index (χ2n) is 14.9. The average molecular weight is 674 g/mol. The van der Waals surface area contributed by atoms with Gasteiger partial charge in [0.1, 0.15) is 12.8 Å². The number of alkyl carbamates (subject to hydrolysis) is 1. The van der Waals surface area contributed by atoms with Crippen molar-refractivity contribution in [3.8, 4) is 12.3 Å². The molecule has 268 valence electrons. The summed E-state index contributed by atoms with van der Waals surface area (Å²) in [4.78, 5) is 27.4. The van der Waals surface area contributed by atoms with Crippen LogP contribution in [0, 0.1) is 58.7 Å². The number of nitrogens with zero attached hydrogens (tertiary/aromatic N) is 3. The molecule has 13 atom stereocenters. The first-order valence-corrected chi connectivity index (χ1v) is 17.5. The lowest BCUT2D eigenvalue weighted by molar-refractivity contribution is -0.243. The number of ether oxygens (including phenoxy) is 2. The van der Waals surface area contributed by atoms with E-state index in [1.54, 1.807) is 6.08 Å². The SMILES string of the molecule is C#CCCOCCOC(=O)NC(CN=[N+]=[N-])NC(=O)C=CCCC(C)C1CCC2C3C(O)C(O)C4CC(O)CCC4(C)C3CC(O)C12C. The monoisotopic (exact) mass is 673 g/mol. The van der Waals surface area contributed by atoms with Gasteiger partial charge >= 0.3 is 6.09 Å². The molecule has 13 nitrogen and oxygen atoms in total. The van der Waals surface area contributed by atoms with E-state index in [1.165, 1.54) is 6.08 Å². The van der Waals surface area contributed by atoms with Gasteiger partial charge in [-0.25, -0.2) is 4.79 Å². The van der Waals surface area contributed by atoms with E-state index < -0.39 is 48.0 Å². The molecular formula is C35H55N5O8. The van der Waals surface area contributed by atoms with Crippen LogP contribution >= 0.6 is 0 Å². The van der Waals surface area contributed by atoms with Crippen LogP contribution in [0.5, 0.6) is 0 Å². The third kappa shape index (κ3) is 8.12. The highest BCUT2D eigenvalue weighted by Gasteiger charge is 2.67. The molecule has 4 aliphatic carbocycles. The van der Waals surface area contributed by atoms with Crippen molar-refractivity contribution in [3.63, 3.8) is 0 Å². The van der Waals surface area contributed by atoms with Crippen LogP contribution in [0.4, 0.5) is 4.79 Å². The lowest BCUT2D eigenvalue weighted by Crippen LogP contribution is -2.66. The van der Waals surface area contributed by atoms with E-state index in [0.717, 1.165) is 25.7 Å². The number of aliphatic hydroxyl groups excluding tert-OH is 4. The van der Waals surface area contributed by atoms with Crippen LogP contribution in [0.3, 0.4) is 0 Å². The predicted octanol–water partition coefficient (Wildman–Crippen LogP) is 3.41. The summed E-state index contributed by atoms with van der Waals surface area (Å²) >= 11 is 0. The maximum absolute atomic E-state index is 12.6. The molecule has 0 spiro atoms. The van der Waals surface area contributed by atoms with Gasteiger partial charge < -0.3 is 40.5 Å². The maximum atomic E-state index is 12.6. The summed E-state index contributed by atoms with van der Waals surface area (Å²) in [6.45, 7) is 6.85. The van der Waals surface area contributed by atoms with Gasteiger partial charge in [-0.15, -0.1) is 12.3 Å². The van der Waals surface area contributed by atoms with Gasteiger partial charge in [-0.3, -0.25) is 4.79 Å². The number of carbonyl (C=O) groups is 2. The van der Waals surface area contributed by atoms with E-state index in [-0.39, 0.29) is 60.7 Å². The fourth-order valence-electron chi connectivity index (χ4n) is 10.00. The summed E-state index contributed by atoms with van der Waals surface area (Å²) in [6, 6.07) is 0. The molecule has 13 heteroatoms. The first kappa shape index (κ1) is 38.0. The van der Waals surface area contributed by atoms with Crippen molar-refractivity contribution in [2.45, 2.75) is 109 Å². The quantitative estimate of drug-likeness (QED) is 0.0306.